The highest BCUT2D eigenvalue weighted by Gasteiger charge is 2.36. The number of hydrogen-bond acceptors (Lipinski definition) is 22. The fourth-order valence-electron chi connectivity index (χ4n) is 12.9. The van der Waals surface area contributed by atoms with E-state index < -0.39 is 196 Å². The number of aromatic nitrogens is 1. The molecule has 6 aromatic rings. The molecule has 25 N–H and O–H groups in total. The van der Waals surface area contributed by atoms with Crippen LogP contribution >= 0.6 is 0 Å². The molecule has 2 aliphatic heterocycles. The molecule has 5 aromatic carbocycles. The van der Waals surface area contributed by atoms with Crippen molar-refractivity contribution in [3.8, 4) is 0 Å². The van der Waals surface area contributed by atoms with Crippen molar-refractivity contribution < 1.29 is 95.1 Å². The van der Waals surface area contributed by atoms with E-state index in [9.17, 15) is 95.1 Å². The van der Waals surface area contributed by atoms with E-state index in [1.54, 1.807) is 54.6 Å². The SMILES string of the molecule is N=C(N)NCCC[C@@H]1NC(=O)/C(=C\CCCNC(=O)C(CCC(=O)NCCCC[C@@H]2NC(=O)[C@@H](Cc3ccc4ccccc4c3)NC(=O)[C@H](CC(=O)O)NC(=O)CNC(=O)[C@H](CCCNC(=N)N)NC2=O)NC(=O)c2ccc(NN=Cc3ccccc3S(=O)(=O)O)nc2)NC(=O)[C@@H](Cc2ccc3ccccc3c2)NC(=O)[C@H](CC(=O)O)NC(=O)CNC1=O. The average molecular weight is 1720 g/mol. The molecule has 8 rings (SSSR count). The van der Waals surface area contributed by atoms with Gasteiger partial charge in [0.25, 0.3) is 21.9 Å². The predicted octanol–water partition coefficient (Wildman–Crippen LogP) is -2.24. The highest BCUT2D eigenvalue weighted by atomic mass is 32.2. The summed E-state index contributed by atoms with van der Waals surface area (Å²) in [4.78, 5) is 211. The van der Waals surface area contributed by atoms with Crippen molar-refractivity contribution in [1.29, 1.82) is 10.8 Å². The second kappa shape index (κ2) is 46.7. The minimum absolute atomic E-state index is 0.0197. The van der Waals surface area contributed by atoms with Gasteiger partial charge in [-0.1, -0.05) is 109 Å². The number of nitrogens with one attached hydrogen (secondary N) is 18. The Kier molecular flexibility index (Phi) is 35.7. The summed E-state index contributed by atoms with van der Waals surface area (Å²) < 4.78 is 33.6. The van der Waals surface area contributed by atoms with Gasteiger partial charge in [0.2, 0.25) is 65.0 Å². The first-order valence-corrected chi connectivity index (χ1v) is 40.6. The Labute approximate surface area is 704 Å². The van der Waals surface area contributed by atoms with Crippen molar-refractivity contribution in [2.45, 2.75) is 150 Å². The van der Waals surface area contributed by atoms with Gasteiger partial charge in [0.05, 0.1) is 37.7 Å². The topological polar surface area (TPSA) is 668 Å². The van der Waals surface area contributed by atoms with Gasteiger partial charge in [-0.3, -0.25) is 92.7 Å². The van der Waals surface area contributed by atoms with Gasteiger partial charge < -0.3 is 101 Å². The molecular weight excluding hydrogens is 1620 g/mol. The van der Waals surface area contributed by atoms with Gasteiger partial charge in [0.15, 0.2) is 11.9 Å². The van der Waals surface area contributed by atoms with Crippen LogP contribution in [0.5, 0.6) is 0 Å². The molecule has 0 bridgehead atoms. The Morgan fingerprint density at radius 2 is 1.01 bits per heavy atom. The monoisotopic (exact) mass is 1720 g/mol. The maximum atomic E-state index is 14.7. The molecule has 8 atom stereocenters. The number of fused-ring (bicyclic) bond motifs is 2. The van der Waals surface area contributed by atoms with Gasteiger partial charge in [-0.2, -0.15) is 13.5 Å². The molecule has 2 saturated heterocycles. The third-order valence-corrected chi connectivity index (χ3v) is 20.1. The van der Waals surface area contributed by atoms with Crippen LogP contribution in [0.25, 0.3) is 21.5 Å². The van der Waals surface area contributed by atoms with E-state index in [0.29, 0.717) is 11.1 Å². The maximum absolute atomic E-state index is 14.7. The zero-order chi connectivity index (χ0) is 89.1. The molecule has 0 spiro atoms. The van der Waals surface area contributed by atoms with E-state index in [4.69, 9.17) is 22.3 Å². The number of benzene rings is 5. The predicted molar refractivity (Wildman–Crippen MR) is 445 cm³/mol. The lowest BCUT2D eigenvalue weighted by molar-refractivity contribution is -0.141. The highest BCUT2D eigenvalue weighted by molar-refractivity contribution is 7.86. The van der Waals surface area contributed by atoms with Crippen molar-refractivity contribution in [1.82, 2.24) is 84.7 Å². The minimum atomic E-state index is -4.63. The van der Waals surface area contributed by atoms with Gasteiger partial charge in [-0.15, -0.1) is 0 Å². The van der Waals surface area contributed by atoms with Gasteiger partial charge >= 0.3 is 11.9 Å². The number of carbonyl (C=O) groups excluding carboxylic acids is 13. The van der Waals surface area contributed by atoms with Gasteiger partial charge in [0, 0.05) is 57.2 Å². The Bertz CT molecular complexity index is 5110. The number of pyridine rings is 1. The first kappa shape index (κ1) is 94.0. The minimum Gasteiger partial charge on any atom is -0.481 e. The second-order valence-corrected chi connectivity index (χ2v) is 30.0. The number of amides is 13. The molecule has 654 valence electrons. The quantitative estimate of drug-likeness (QED) is 0.00499. The Balaban J connectivity index is 1.00. The van der Waals surface area contributed by atoms with Gasteiger partial charge in [0.1, 0.15) is 64.7 Å². The lowest BCUT2D eigenvalue weighted by atomic mass is 10.00. The molecule has 3 heterocycles. The fourth-order valence-corrected chi connectivity index (χ4v) is 13.6. The summed E-state index contributed by atoms with van der Waals surface area (Å²) in [6.45, 7) is -1.75. The Morgan fingerprint density at radius 1 is 0.528 bits per heavy atom. The van der Waals surface area contributed by atoms with Crippen LogP contribution < -0.4 is 96.6 Å². The summed E-state index contributed by atoms with van der Waals surface area (Å²) in [7, 11) is -4.63. The smallest absolute Gasteiger partial charge is 0.305 e. The lowest BCUT2D eigenvalue weighted by Crippen LogP contribution is -2.58. The van der Waals surface area contributed by atoms with E-state index >= 15 is 0 Å². The number of carboxylic acid groups (broad SMARTS) is 2. The number of nitrogens with two attached hydrogens (primary N) is 2. The zero-order valence-electron chi connectivity index (χ0n) is 66.5. The summed E-state index contributed by atoms with van der Waals surface area (Å²) >= 11 is 0. The molecule has 1 unspecified atom stereocenters. The number of carboxylic acids is 2. The van der Waals surface area contributed by atoms with Crippen LogP contribution in [0.15, 0.2) is 149 Å². The summed E-state index contributed by atoms with van der Waals surface area (Å²) in [5, 5.41) is 80.0. The molecule has 123 heavy (non-hydrogen) atoms. The van der Waals surface area contributed by atoms with Crippen LogP contribution in [0.4, 0.5) is 5.82 Å². The Hall–Kier alpha value is -14.5. The number of rotatable bonds is 35. The maximum Gasteiger partial charge on any atom is 0.305 e. The zero-order valence-corrected chi connectivity index (χ0v) is 67.3. The summed E-state index contributed by atoms with van der Waals surface area (Å²) in [6, 6.07) is 20.7. The van der Waals surface area contributed by atoms with Crippen molar-refractivity contribution in [2.24, 2.45) is 16.6 Å². The van der Waals surface area contributed by atoms with E-state index in [1.165, 1.54) is 36.4 Å². The van der Waals surface area contributed by atoms with Gasteiger partial charge in [-0.25, -0.2) is 4.98 Å². The van der Waals surface area contributed by atoms with E-state index in [1.807, 2.05) is 30.3 Å². The van der Waals surface area contributed by atoms with Crippen molar-refractivity contribution >= 4 is 144 Å². The molecule has 13 amide bonds. The summed E-state index contributed by atoms with van der Waals surface area (Å²) in [5.74, 6) is -15.9. The average Bonchev–Trinajstić information content (AvgIpc) is 1.55. The fraction of sp³-hybridized carbons (Fsp3) is 0.362. The number of unbranched alkanes of at least 4 members (excludes halogenated alkanes) is 2. The van der Waals surface area contributed by atoms with Crippen LogP contribution in [-0.2, 0) is 90.1 Å². The molecule has 0 radical (unpaired) electrons. The summed E-state index contributed by atoms with van der Waals surface area (Å²) in [5.41, 5.74) is 14.0. The normalized spacial score (nSPS) is 19.1. The number of hydrogen-bond donors (Lipinski definition) is 23. The molecular formula is C80H98N22O20S. The van der Waals surface area contributed by atoms with Crippen molar-refractivity contribution in [2.75, 3.05) is 44.7 Å². The van der Waals surface area contributed by atoms with E-state index in [0.717, 1.165) is 40.0 Å². The number of carbonyl (C=O) groups is 15. The summed E-state index contributed by atoms with van der Waals surface area (Å²) in [6.07, 6.45) is 0.208. The van der Waals surface area contributed by atoms with Crippen LogP contribution in [0, 0.1) is 10.8 Å². The van der Waals surface area contributed by atoms with Crippen LogP contribution in [-0.4, -0.2) is 223 Å². The number of anilines is 1. The number of guanidine groups is 2. The first-order chi connectivity index (χ1) is 58.7. The number of allylic oxidation sites excluding steroid dienone is 1. The van der Waals surface area contributed by atoms with Crippen LogP contribution in [0.3, 0.4) is 0 Å². The molecule has 43 heteroatoms. The van der Waals surface area contributed by atoms with E-state index in [-0.39, 0.29) is 126 Å². The molecule has 42 nitrogen and oxygen atoms in total. The van der Waals surface area contributed by atoms with Crippen LogP contribution in [0.1, 0.15) is 111 Å². The highest BCUT2D eigenvalue weighted by Crippen LogP contribution is 2.21. The third-order valence-electron chi connectivity index (χ3n) is 19.2. The molecule has 1 aromatic heterocycles. The number of aliphatic carboxylic acids is 2. The van der Waals surface area contributed by atoms with Crippen molar-refractivity contribution in [3.05, 3.63) is 162 Å². The first-order valence-electron chi connectivity index (χ1n) is 39.1. The third kappa shape index (κ3) is 31.3. The second-order valence-electron chi connectivity index (χ2n) is 28.6. The van der Waals surface area contributed by atoms with Crippen molar-refractivity contribution in [3.63, 3.8) is 0 Å². The number of nitrogens with zero attached hydrogens (tertiary/aromatic N) is 2. The lowest BCUT2D eigenvalue weighted by Gasteiger charge is -2.26. The molecule has 2 fully saturated rings. The molecule has 0 saturated carbocycles. The van der Waals surface area contributed by atoms with E-state index in [2.05, 4.69) is 95.3 Å². The molecule has 0 aliphatic carbocycles. The Morgan fingerprint density at radius 3 is 1.54 bits per heavy atom. The molecule has 2 aliphatic rings. The van der Waals surface area contributed by atoms with Gasteiger partial charge in [-0.05, 0) is 115 Å². The number of hydrazone groups is 1. The largest absolute Gasteiger partial charge is 0.481 e. The van der Waals surface area contributed by atoms with Crippen LogP contribution in [0.2, 0.25) is 0 Å². The standard InChI is InChI=1S/C80H98N22O20S/c81-79(82)87-33-11-20-53-71(112)90-43-65(104)93-60(39-67(106)107)77(118)100-58(37-45-23-25-47-13-1-3-15-49(47)35-45)75(116)98-55(73(114)96-53)18-7-9-31-85-64(103)30-28-57(95-69(110)52-27-29-63(89-41-52)102-92-42-51-17-5-6-22-62(51)123(120,121)122)70(111)86-32-10-8-19-56-74(115)97-54(21-12-34-88-80(83)84)72(113)91-44-66(105)94-61(40-68(108)109)78(119)101-59(76(117)99-56)38-46-24-26-48-14-2-4-16-50(48)36-46/h1-6,13-17,19,22-27,29,35-36,41-42,53-55,57-61H,7-12,18,20-21,28,30-34,37-40,43-44H2,(H,85,103)(H,86,111)(H,89,102)(H,90,112)(H,91,113)(H,93,104)(H,94,105)(H,95,110)(H,96,114)(H,97,115)(H,98,116)(H,99,117)(H,100,118)(H,101,119)(H,106,107)(H,108,109)(H4,81,82,87)(H4,83,84,88)(H,120,121,122)/b56-19+,92-42?/t53-,54-,55-,57?,58+,59+,60-,61-/m0/s1.